The van der Waals surface area contributed by atoms with Gasteiger partial charge in [-0.25, -0.2) is 13.8 Å². The maximum absolute atomic E-state index is 12.2. The van der Waals surface area contributed by atoms with E-state index in [0.29, 0.717) is 0 Å². The maximum Gasteiger partial charge on any atom is 0.267 e. The summed E-state index contributed by atoms with van der Waals surface area (Å²) in [7, 11) is 1.41. The van der Waals surface area contributed by atoms with Gasteiger partial charge < -0.3 is 16.4 Å². The van der Waals surface area contributed by atoms with Crippen molar-refractivity contribution in [3.63, 3.8) is 0 Å². The Bertz CT molecular complexity index is 397. The van der Waals surface area contributed by atoms with Gasteiger partial charge in [0.05, 0.1) is 12.2 Å². The minimum atomic E-state index is -2.51. The fraction of sp³-hybridized carbons (Fsp3) is 0.333. The molecule has 1 heterocycles. The van der Waals surface area contributed by atoms with Crippen LogP contribution in [0.4, 0.5) is 20.3 Å². The molecule has 0 saturated heterocycles. The Hall–Kier alpha value is -1.92. The van der Waals surface area contributed by atoms with Crippen LogP contribution < -0.4 is 16.4 Å². The molecular weight excluding hydrogens is 218 g/mol. The summed E-state index contributed by atoms with van der Waals surface area (Å²) in [5.41, 5.74) is 10.8. The van der Waals surface area contributed by atoms with E-state index in [1.165, 1.54) is 24.1 Å². The van der Waals surface area contributed by atoms with Crippen LogP contribution in [0.15, 0.2) is 12.1 Å². The molecule has 1 aromatic rings. The van der Waals surface area contributed by atoms with Crippen LogP contribution in [0.25, 0.3) is 0 Å². The number of anilines is 2. The Labute approximate surface area is 91.0 Å². The predicted octanol–water partition coefficient (Wildman–Crippen LogP) is 0.464. The van der Waals surface area contributed by atoms with Crippen molar-refractivity contribution >= 4 is 17.4 Å². The molecule has 0 unspecified atom stereocenters. The number of nitrogens with two attached hydrogens (primary N) is 2. The molecule has 5 nitrogen and oxygen atoms in total. The zero-order valence-electron chi connectivity index (χ0n) is 8.65. The molecule has 0 atom stereocenters. The number of rotatable bonds is 4. The Morgan fingerprint density at radius 3 is 2.69 bits per heavy atom. The van der Waals surface area contributed by atoms with Crippen molar-refractivity contribution in [2.45, 2.75) is 6.43 Å². The first-order valence-corrected chi connectivity index (χ1v) is 4.47. The van der Waals surface area contributed by atoms with E-state index < -0.39 is 18.9 Å². The summed E-state index contributed by atoms with van der Waals surface area (Å²) in [6.45, 7) is -0.514. The summed E-state index contributed by atoms with van der Waals surface area (Å²) in [4.78, 5) is 15.9. The first-order valence-electron chi connectivity index (χ1n) is 4.47. The van der Waals surface area contributed by atoms with Gasteiger partial charge in [0.15, 0.2) is 5.82 Å². The molecule has 1 rings (SSSR count). The number of hydrogen-bond acceptors (Lipinski definition) is 4. The number of amides is 1. The van der Waals surface area contributed by atoms with E-state index in [4.69, 9.17) is 11.5 Å². The van der Waals surface area contributed by atoms with Crippen molar-refractivity contribution in [3.05, 3.63) is 17.8 Å². The highest BCUT2D eigenvalue weighted by Gasteiger charge is 2.14. The van der Waals surface area contributed by atoms with Gasteiger partial charge in [0.1, 0.15) is 5.69 Å². The highest BCUT2D eigenvalue weighted by molar-refractivity contribution is 5.91. The number of carbonyl (C=O) groups excluding carboxylic acids is 1. The molecule has 0 aliphatic carbocycles. The average molecular weight is 230 g/mol. The van der Waals surface area contributed by atoms with Gasteiger partial charge in [-0.1, -0.05) is 0 Å². The summed E-state index contributed by atoms with van der Waals surface area (Å²) < 4.78 is 24.3. The lowest BCUT2D eigenvalue weighted by Crippen LogP contribution is -2.27. The molecule has 1 aromatic heterocycles. The first kappa shape index (κ1) is 12.2. The number of carbonyl (C=O) groups is 1. The molecule has 88 valence electrons. The van der Waals surface area contributed by atoms with Crippen molar-refractivity contribution in [3.8, 4) is 0 Å². The topological polar surface area (TPSA) is 85.2 Å². The monoisotopic (exact) mass is 230 g/mol. The summed E-state index contributed by atoms with van der Waals surface area (Å²) in [6, 6.07) is 2.75. The normalized spacial score (nSPS) is 10.5. The van der Waals surface area contributed by atoms with Crippen molar-refractivity contribution < 1.29 is 13.6 Å². The molecule has 0 aliphatic rings. The summed E-state index contributed by atoms with van der Waals surface area (Å²) in [5.74, 6) is -0.608. The average Bonchev–Trinajstić information content (AvgIpc) is 2.16. The maximum atomic E-state index is 12.2. The van der Waals surface area contributed by atoms with E-state index in [-0.39, 0.29) is 17.2 Å². The van der Waals surface area contributed by atoms with Gasteiger partial charge in [0.25, 0.3) is 12.3 Å². The third kappa shape index (κ3) is 2.78. The first-order chi connectivity index (χ1) is 7.41. The molecule has 0 bridgehead atoms. The number of pyridine rings is 1. The van der Waals surface area contributed by atoms with E-state index in [0.717, 1.165) is 0 Å². The van der Waals surface area contributed by atoms with Crippen LogP contribution in [0.2, 0.25) is 0 Å². The van der Waals surface area contributed by atoms with Gasteiger partial charge in [0, 0.05) is 7.05 Å². The second-order valence-electron chi connectivity index (χ2n) is 3.25. The molecule has 0 radical (unpaired) electrons. The third-order valence-corrected chi connectivity index (χ3v) is 1.93. The third-order valence-electron chi connectivity index (χ3n) is 1.93. The molecule has 7 heteroatoms. The summed E-state index contributed by atoms with van der Waals surface area (Å²) >= 11 is 0. The fourth-order valence-corrected chi connectivity index (χ4v) is 1.20. The second-order valence-corrected chi connectivity index (χ2v) is 3.25. The van der Waals surface area contributed by atoms with Gasteiger partial charge in [-0.15, -0.1) is 0 Å². The molecule has 0 aromatic carbocycles. The predicted molar refractivity (Wildman–Crippen MR) is 56.4 cm³/mol. The fourth-order valence-electron chi connectivity index (χ4n) is 1.20. The van der Waals surface area contributed by atoms with Crippen molar-refractivity contribution in [2.24, 2.45) is 5.73 Å². The molecule has 16 heavy (non-hydrogen) atoms. The molecule has 0 saturated carbocycles. The number of primary amides is 1. The van der Waals surface area contributed by atoms with E-state index in [1.807, 2.05) is 0 Å². The van der Waals surface area contributed by atoms with Gasteiger partial charge >= 0.3 is 0 Å². The van der Waals surface area contributed by atoms with Gasteiger partial charge in [0.2, 0.25) is 0 Å². The van der Waals surface area contributed by atoms with Crippen LogP contribution in [0.5, 0.6) is 0 Å². The molecule has 0 aliphatic heterocycles. The molecule has 0 fully saturated rings. The zero-order valence-corrected chi connectivity index (χ0v) is 8.65. The van der Waals surface area contributed by atoms with E-state index in [2.05, 4.69) is 4.98 Å². The molecule has 4 N–H and O–H groups in total. The lowest BCUT2D eigenvalue weighted by atomic mass is 10.3. The standard InChI is InChI=1S/C9H12F2N4O/c1-15(4-7(10)11)9-5(12)2-3-6(14-9)8(13)16/h2-3,7H,4,12H2,1H3,(H2,13,16). The second kappa shape index (κ2) is 4.73. The number of nitrogen functional groups attached to an aromatic ring is 1. The zero-order chi connectivity index (χ0) is 12.3. The highest BCUT2D eigenvalue weighted by atomic mass is 19.3. The largest absolute Gasteiger partial charge is 0.396 e. The SMILES string of the molecule is CN(CC(F)F)c1nc(C(N)=O)ccc1N. The Morgan fingerprint density at radius 2 is 2.19 bits per heavy atom. The lowest BCUT2D eigenvalue weighted by molar-refractivity contribution is 0.0995. The highest BCUT2D eigenvalue weighted by Crippen LogP contribution is 2.20. The quantitative estimate of drug-likeness (QED) is 0.787. The number of hydrogen-bond donors (Lipinski definition) is 2. The Morgan fingerprint density at radius 1 is 1.56 bits per heavy atom. The van der Waals surface area contributed by atoms with Crippen LogP contribution in [0.1, 0.15) is 10.5 Å². The summed E-state index contributed by atoms with van der Waals surface area (Å²) in [5, 5.41) is 0. The molecule has 0 spiro atoms. The smallest absolute Gasteiger partial charge is 0.267 e. The summed E-state index contributed by atoms with van der Waals surface area (Å²) in [6.07, 6.45) is -2.51. The van der Waals surface area contributed by atoms with Gasteiger partial charge in [-0.3, -0.25) is 4.79 Å². The van der Waals surface area contributed by atoms with E-state index >= 15 is 0 Å². The van der Waals surface area contributed by atoms with Crippen LogP contribution in [-0.4, -0.2) is 30.9 Å². The number of halogens is 2. The molecule has 1 amide bonds. The van der Waals surface area contributed by atoms with Crippen molar-refractivity contribution in [2.75, 3.05) is 24.2 Å². The van der Waals surface area contributed by atoms with Crippen LogP contribution >= 0.6 is 0 Å². The van der Waals surface area contributed by atoms with Crippen LogP contribution in [0, 0.1) is 0 Å². The van der Waals surface area contributed by atoms with Crippen molar-refractivity contribution in [1.82, 2.24) is 4.98 Å². The number of nitrogens with zero attached hydrogens (tertiary/aromatic N) is 2. The van der Waals surface area contributed by atoms with Crippen LogP contribution in [-0.2, 0) is 0 Å². The Balaban J connectivity index is 3.02. The number of alkyl halides is 2. The van der Waals surface area contributed by atoms with E-state index in [9.17, 15) is 13.6 Å². The number of aromatic nitrogens is 1. The van der Waals surface area contributed by atoms with Crippen LogP contribution in [0.3, 0.4) is 0 Å². The minimum Gasteiger partial charge on any atom is -0.396 e. The van der Waals surface area contributed by atoms with Crippen molar-refractivity contribution in [1.29, 1.82) is 0 Å². The van der Waals surface area contributed by atoms with Gasteiger partial charge in [-0.05, 0) is 12.1 Å². The molecular formula is C9H12F2N4O. The Kier molecular flexibility index (Phi) is 3.60. The van der Waals surface area contributed by atoms with Gasteiger partial charge in [-0.2, -0.15) is 0 Å². The lowest BCUT2D eigenvalue weighted by Gasteiger charge is -2.19. The minimum absolute atomic E-state index is 0.00897. The van der Waals surface area contributed by atoms with E-state index in [1.54, 1.807) is 0 Å².